The number of aromatic nitrogens is 1. The number of fused-ring (bicyclic) bond motifs is 4. The van der Waals surface area contributed by atoms with Gasteiger partial charge in [0.1, 0.15) is 48.6 Å². The summed E-state index contributed by atoms with van der Waals surface area (Å²) >= 11 is 0. The normalized spacial score (nSPS) is 13.5. The summed E-state index contributed by atoms with van der Waals surface area (Å²) in [5.74, 6) is 0.231. The van der Waals surface area contributed by atoms with E-state index in [0.717, 1.165) is 95.0 Å². The Labute approximate surface area is 474 Å². The number of aliphatic carboxylic acids is 2. The van der Waals surface area contributed by atoms with Crippen molar-refractivity contribution in [1.29, 1.82) is 0 Å². The van der Waals surface area contributed by atoms with Crippen molar-refractivity contribution in [3.8, 4) is 28.4 Å². The smallest absolute Gasteiger partial charge is 0.320 e. The fourth-order valence-corrected chi connectivity index (χ4v) is 11.2. The van der Waals surface area contributed by atoms with Crippen molar-refractivity contribution in [3.63, 3.8) is 0 Å². The number of hydrogen-bond donors (Lipinski definition) is 4. The fraction of sp³-hybridized carbons (Fsp3) is 0.246. The Kier molecular flexibility index (Phi) is 17.3. The van der Waals surface area contributed by atoms with E-state index in [1.807, 2.05) is 54.6 Å². The lowest BCUT2D eigenvalue weighted by atomic mass is 9.84. The molecule has 6 N–H and O–H groups in total. The monoisotopic (exact) mass is 1080 g/mol. The summed E-state index contributed by atoms with van der Waals surface area (Å²) < 4.78 is 22.7. The molecule has 12 nitrogen and oxygen atoms in total. The molecule has 0 saturated carbocycles. The molecule has 9 aromatic rings. The molecular formula is C69H71N5O7. The van der Waals surface area contributed by atoms with Crippen molar-refractivity contribution >= 4 is 28.5 Å². The minimum absolute atomic E-state index is 0.256. The van der Waals surface area contributed by atoms with Crippen LogP contribution in [0, 0.1) is 27.7 Å². The number of para-hydroxylation sites is 4. The molecule has 0 spiro atoms. The number of carboxylic acid groups (broad SMARTS) is 2. The Bertz CT molecular complexity index is 3700. The zero-order valence-corrected chi connectivity index (χ0v) is 46.6. The summed E-state index contributed by atoms with van der Waals surface area (Å²) in [6.07, 6.45) is 2.26. The maximum absolute atomic E-state index is 12.0. The second-order valence-corrected chi connectivity index (χ2v) is 21.6. The van der Waals surface area contributed by atoms with Crippen molar-refractivity contribution in [2.45, 2.75) is 98.1 Å². The Balaban J connectivity index is 0.898. The molecule has 10 rings (SSSR count). The molecule has 0 aliphatic carbocycles. The van der Waals surface area contributed by atoms with Gasteiger partial charge >= 0.3 is 11.9 Å². The first-order chi connectivity index (χ1) is 39.3. The topological polar surface area (TPSA) is 166 Å². The van der Waals surface area contributed by atoms with E-state index in [-0.39, 0.29) is 12.8 Å². The molecule has 1 aliphatic rings. The fourth-order valence-electron chi connectivity index (χ4n) is 11.2. The van der Waals surface area contributed by atoms with Gasteiger partial charge in [0.25, 0.3) is 0 Å². The first kappa shape index (κ1) is 55.6. The predicted octanol–water partition coefficient (Wildman–Crippen LogP) is 12.8. The van der Waals surface area contributed by atoms with Crippen molar-refractivity contribution in [2.24, 2.45) is 11.5 Å². The summed E-state index contributed by atoms with van der Waals surface area (Å²) in [7, 11) is 0. The highest BCUT2D eigenvalue weighted by molar-refractivity contribution is 5.94. The molecule has 3 atom stereocenters. The van der Waals surface area contributed by atoms with E-state index in [4.69, 9.17) is 25.7 Å². The first-order valence-electron chi connectivity index (χ1n) is 27.8. The van der Waals surface area contributed by atoms with Crippen molar-refractivity contribution in [3.05, 3.63) is 249 Å². The highest BCUT2D eigenvalue weighted by atomic mass is 16.5. The molecule has 414 valence electrons. The minimum Gasteiger partial charge on any atom is -0.489 e. The molecule has 1 aliphatic heterocycles. The standard InChI is InChI=1S/C69H71N5O7/c1-45-15-11-18-49(35-45)38-74-42-62(56-23-7-8-26-61(56)74)73(34-32-60(71)69(77)78)41-53-21-6-10-28-64(53)80-44-51-29-30-55(48(4)37-51)67-58-24-13-17-47(3)65(58)57-25-14-22-54(66(57)81-67)40-72(33-31-59(70)68(75)76)39-52-20-5-9-27-63(52)79-43-50-19-12-16-46(2)36-50/h5-30,35-37,42,59-60,67H,31-34,38-41,43-44,70-71H2,1-4H3,(H,75,76)(H,77,78)/t59-,60-,67?/m0/s1. The van der Waals surface area contributed by atoms with Gasteiger partial charge in [-0.2, -0.15) is 0 Å². The number of aryl methyl sites for hydroxylation is 4. The molecule has 1 aromatic heterocycles. The highest BCUT2D eigenvalue weighted by Gasteiger charge is 2.32. The number of nitrogens with zero attached hydrogens (tertiary/aromatic N) is 3. The van der Waals surface area contributed by atoms with Crippen LogP contribution in [0.25, 0.3) is 22.0 Å². The van der Waals surface area contributed by atoms with Gasteiger partial charge in [0, 0.05) is 78.7 Å². The number of ether oxygens (including phenoxy) is 3. The average molecular weight is 1080 g/mol. The first-order valence-corrected chi connectivity index (χ1v) is 27.8. The van der Waals surface area contributed by atoms with E-state index >= 15 is 0 Å². The lowest BCUT2D eigenvalue weighted by Crippen LogP contribution is -2.35. The van der Waals surface area contributed by atoms with Gasteiger partial charge in [-0.1, -0.05) is 169 Å². The van der Waals surface area contributed by atoms with Gasteiger partial charge in [0.15, 0.2) is 0 Å². The second kappa shape index (κ2) is 25.2. The number of carbonyl (C=O) groups is 2. The van der Waals surface area contributed by atoms with Crippen LogP contribution in [0.4, 0.5) is 5.69 Å². The van der Waals surface area contributed by atoms with Gasteiger partial charge in [-0.15, -0.1) is 0 Å². The van der Waals surface area contributed by atoms with Gasteiger partial charge in [0.2, 0.25) is 0 Å². The highest BCUT2D eigenvalue weighted by Crippen LogP contribution is 2.49. The number of rotatable bonds is 24. The maximum Gasteiger partial charge on any atom is 0.320 e. The van der Waals surface area contributed by atoms with E-state index in [9.17, 15) is 19.8 Å². The van der Waals surface area contributed by atoms with Gasteiger partial charge in [-0.25, -0.2) is 0 Å². The number of nitrogens with two attached hydrogens (primary N) is 2. The lowest BCUT2D eigenvalue weighted by molar-refractivity contribution is -0.139. The Hall–Kier alpha value is -8.68. The molecule has 2 heterocycles. The summed E-state index contributed by atoms with van der Waals surface area (Å²) in [6.45, 7) is 12.1. The summed E-state index contributed by atoms with van der Waals surface area (Å²) in [6, 6.07) is 58.3. The van der Waals surface area contributed by atoms with Crippen LogP contribution in [-0.2, 0) is 49.0 Å². The largest absolute Gasteiger partial charge is 0.489 e. The van der Waals surface area contributed by atoms with E-state index < -0.39 is 30.1 Å². The summed E-state index contributed by atoms with van der Waals surface area (Å²) in [5.41, 5.74) is 29.4. The zero-order valence-electron chi connectivity index (χ0n) is 46.6. The van der Waals surface area contributed by atoms with Crippen LogP contribution in [0.15, 0.2) is 182 Å². The van der Waals surface area contributed by atoms with Gasteiger partial charge in [-0.05, 0) is 97.7 Å². The number of benzene rings is 8. The van der Waals surface area contributed by atoms with Crippen molar-refractivity contribution in [1.82, 2.24) is 9.47 Å². The van der Waals surface area contributed by atoms with Crippen LogP contribution in [0.3, 0.4) is 0 Å². The minimum atomic E-state index is -1.03. The third-order valence-electron chi connectivity index (χ3n) is 15.4. The predicted molar refractivity (Wildman–Crippen MR) is 321 cm³/mol. The van der Waals surface area contributed by atoms with Crippen LogP contribution < -0.4 is 30.6 Å². The molecule has 0 fully saturated rings. The maximum atomic E-state index is 12.0. The zero-order chi connectivity index (χ0) is 56.6. The molecule has 0 amide bonds. The molecular weight excluding hydrogens is 1010 g/mol. The summed E-state index contributed by atoms with van der Waals surface area (Å²) in [5, 5.41) is 20.7. The van der Waals surface area contributed by atoms with E-state index in [2.05, 4.69) is 170 Å². The molecule has 0 bridgehead atoms. The van der Waals surface area contributed by atoms with Crippen LogP contribution in [0.1, 0.15) is 85.7 Å². The third-order valence-corrected chi connectivity index (χ3v) is 15.4. The molecule has 0 radical (unpaired) electrons. The third kappa shape index (κ3) is 13.2. The van der Waals surface area contributed by atoms with Crippen LogP contribution >= 0.6 is 0 Å². The van der Waals surface area contributed by atoms with Crippen molar-refractivity contribution in [2.75, 3.05) is 18.0 Å². The van der Waals surface area contributed by atoms with Crippen LogP contribution in [0.2, 0.25) is 0 Å². The van der Waals surface area contributed by atoms with Gasteiger partial charge in [0.05, 0.1) is 11.2 Å². The van der Waals surface area contributed by atoms with E-state index in [0.29, 0.717) is 52.5 Å². The Morgan fingerprint density at radius 1 is 0.580 bits per heavy atom. The molecule has 0 saturated heterocycles. The summed E-state index contributed by atoms with van der Waals surface area (Å²) in [4.78, 5) is 28.5. The number of anilines is 1. The SMILES string of the molecule is Cc1cccc(COc2ccccc2CN(CC[C@H](N)C(=O)O)Cc2cccc3c2OC(c2ccc(COc4ccccc4CN(CC[C@H](N)C(=O)O)c4cn(Cc5cccc(C)c5)c5ccccc45)cc2C)c2cccc(C)c2-3)c1. The van der Waals surface area contributed by atoms with E-state index in [1.165, 1.54) is 16.7 Å². The Morgan fingerprint density at radius 2 is 1.16 bits per heavy atom. The molecule has 1 unspecified atom stereocenters. The lowest BCUT2D eigenvalue weighted by Gasteiger charge is -2.33. The van der Waals surface area contributed by atoms with E-state index in [1.54, 1.807) is 0 Å². The average Bonchev–Trinajstić information content (AvgIpc) is 4.00. The molecule has 8 aromatic carbocycles. The number of hydrogen-bond acceptors (Lipinski definition) is 9. The molecule has 81 heavy (non-hydrogen) atoms. The Morgan fingerprint density at radius 3 is 1.85 bits per heavy atom. The second-order valence-electron chi connectivity index (χ2n) is 21.6. The van der Waals surface area contributed by atoms with Crippen molar-refractivity contribution < 1.29 is 34.0 Å². The number of carboxylic acids is 2. The van der Waals surface area contributed by atoms with Gasteiger partial charge in [-0.3, -0.25) is 14.5 Å². The van der Waals surface area contributed by atoms with Crippen LogP contribution in [-0.4, -0.2) is 56.8 Å². The molecule has 12 heteroatoms. The van der Waals surface area contributed by atoms with Gasteiger partial charge < -0.3 is 45.4 Å². The van der Waals surface area contributed by atoms with Crippen LogP contribution in [0.5, 0.6) is 17.2 Å². The quantitative estimate of drug-likeness (QED) is 0.0455.